The number of sulfonamides is 1. The summed E-state index contributed by atoms with van der Waals surface area (Å²) >= 11 is 0. The van der Waals surface area contributed by atoms with Gasteiger partial charge in [0.25, 0.3) is 10.0 Å². The number of aryl methyl sites for hydroxylation is 1. The first kappa shape index (κ1) is 25.7. The fraction of sp³-hybridized carbons (Fsp3) is 0.192. The zero-order valence-corrected chi connectivity index (χ0v) is 21.3. The molecule has 0 aliphatic heterocycles. The second-order valence-electron chi connectivity index (χ2n) is 8.33. The van der Waals surface area contributed by atoms with Gasteiger partial charge in [0.05, 0.1) is 41.2 Å². The van der Waals surface area contributed by atoms with Crippen LogP contribution in [0.1, 0.15) is 23.9 Å². The number of hydrogen-bond acceptors (Lipinski definition) is 7. The van der Waals surface area contributed by atoms with Crippen molar-refractivity contribution in [1.29, 1.82) is 5.41 Å². The molecule has 0 spiro atoms. The van der Waals surface area contributed by atoms with Crippen LogP contribution in [0, 0.1) is 5.41 Å². The summed E-state index contributed by atoms with van der Waals surface area (Å²) in [6.07, 6.45) is -0.141. The van der Waals surface area contributed by atoms with E-state index in [4.69, 9.17) is 15.9 Å². The van der Waals surface area contributed by atoms with E-state index < -0.39 is 16.0 Å². The maximum atomic E-state index is 13.2. The van der Waals surface area contributed by atoms with Crippen molar-refractivity contribution in [2.24, 2.45) is 12.8 Å². The first-order valence-electron chi connectivity index (χ1n) is 11.6. The van der Waals surface area contributed by atoms with Crippen LogP contribution in [-0.4, -0.2) is 36.4 Å². The molecule has 1 aromatic heterocycles. The van der Waals surface area contributed by atoms with Crippen molar-refractivity contribution in [1.82, 2.24) is 9.55 Å². The van der Waals surface area contributed by atoms with Gasteiger partial charge in [-0.2, -0.15) is 0 Å². The minimum absolute atomic E-state index is 0.0100. The molecular formula is C26H28N6O4S. The topological polar surface area (TPSA) is 152 Å². The monoisotopic (exact) mass is 520 g/mol. The molecule has 0 radical (unpaired) electrons. The molecule has 0 saturated carbocycles. The van der Waals surface area contributed by atoms with Crippen molar-refractivity contribution in [3.63, 3.8) is 0 Å². The minimum Gasteiger partial charge on any atom is -0.466 e. The van der Waals surface area contributed by atoms with Crippen LogP contribution < -0.4 is 15.8 Å². The Balaban J connectivity index is 1.52. The standard InChI is InChI=1S/C26H28N6O4S/c1-3-36-25(33)14-18-6-4-5-7-23(18)37(34,35)31-20-12-13-22-21(15-20)30-24(32(22)2)16-29-19-10-8-17(9-11-19)26(27)28/h4-13,15,29,31H,3,14,16H2,1-2H3,(H3,27,28). The average molecular weight is 521 g/mol. The fourth-order valence-corrected chi connectivity index (χ4v) is 5.20. The molecule has 1 heterocycles. The summed E-state index contributed by atoms with van der Waals surface area (Å²) in [5.74, 6) is 0.275. The first-order chi connectivity index (χ1) is 17.7. The quantitative estimate of drug-likeness (QED) is 0.142. The van der Waals surface area contributed by atoms with Crippen molar-refractivity contribution in [3.8, 4) is 0 Å². The number of aromatic nitrogens is 2. The van der Waals surface area contributed by atoms with Crippen LogP contribution in [0.4, 0.5) is 11.4 Å². The molecule has 0 aliphatic carbocycles. The Kier molecular flexibility index (Phi) is 7.44. The molecule has 3 aromatic carbocycles. The van der Waals surface area contributed by atoms with Crippen LogP contribution in [0.25, 0.3) is 11.0 Å². The molecular weight excluding hydrogens is 492 g/mol. The normalized spacial score (nSPS) is 11.3. The summed E-state index contributed by atoms with van der Waals surface area (Å²) in [4.78, 5) is 16.6. The highest BCUT2D eigenvalue weighted by atomic mass is 32.2. The molecule has 11 heteroatoms. The summed E-state index contributed by atoms with van der Waals surface area (Å²) in [5, 5.41) is 10.8. The van der Waals surface area contributed by atoms with E-state index in [0.29, 0.717) is 28.9 Å². The van der Waals surface area contributed by atoms with E-state index in [1.807, 2.05) is 23.7 Å². The first-order valence-corrected chi connectivity index (χ1v) is 13.1. The number of carbonyl (C=O) groups is 1. The van der Waals surface area contributed by atoms with Crippen LogP contribution in [0.3, 0.4) is 0 Å². The second-order valence-corrected chi connectivity index (χ2v) is 9.98. The molecule has 0 atom stereocenters. The lowest BCUT2D eigenvalue weighted by molar-refractivity contribution is -0.142. The second kappa shape index (κ2) is 10.7. The maximum Gasteiger partial charge on any atom is 0.310 e. The maximum absolute atomic E-state index is 13.2. The van der Waals surface area contributed by atoms with Crippen molar-refractivity contribution < 1.29 is 17.9 Å². The zero-order valence-electron chi connectivity index (χ0n) is 20.5. The van der Waals surface area contributed by atoms with Gasteiger partial charge in [-0.15, -0.1) is 0 Å². The van der Waals surface area contributed by atoms with Crippen molar-refractivity contribution in [2.45, 2.75) is 24.8 Å². The lowest BCUT2D eigenvalue weighted by Gasteiger charge is -2.12. The number of nitrogen functional groups attached to an aromatic ring is 1. The molecule has 192 valence electrons. The molecule has 0 fully saturated rings. The highest BCUT2D eigenvalue weighted by Crippen LogP contribution is 2.24. The van der Waals surface area contributed by atoms with Gasteiger partial charge in [-0.05, 0) is 61.0 Å². The van der Waals surface area contributed by atoms with Crippen LogP contribution in [0.5, 0.6) is 0 Å². The number of amidine groups is 1. The van der Waals surface area contributed by atoms with Gasteiger partial charge in [-0.25, -0.2) is 13.4 Å². The molecule has 10 nitrogen and oxygen atoms in total. The van der Waals surface area contributed by atoms with Crippen LogP contribution in [0.2, 0.25) is 0 Å². The van der Waals surface area contributed by atoms with Crippen LogP contribution >= 0.6 is 0 Å². The molecule has 0 bridgehead atoms. The Morgan fingerprint density at radius 1 is 1.08 bits per heavy atom. The van der Waals surface area contributed by atoms with E-state index in [1.165, 1.54) is 6.07 Å². The number of imidazole rings is 1. The molecule has 0 unspecified atom stereocenters. The van der Waals surface area contributed by atoms with E-state index >= 15 is 0 Å². The Morgan fingerprint density at radius 2 is 1.78 bits per heavy atom. The van der Waals surface area contributed by atoms with Crippen molar-refractivity contribution in [2.75, 3.05) is 16.6 Å². The molecule has 0 amide bonds. The predicted octanol–water partition coefficient (Wildman–Crippen LogP) is 3.38. The number of carbonyl (C=O) groups excluding carboxylic acids is 1. The van der Waals surface area contributed by atoms with E-state index in [9.17, 15) is 13.2 Å². The van der Waals surface area contributed by atoms with Crippen molar-refractivity contribution in [3.05, 3.63) is 83.7 Å². The van der Waals surface area contributed by atoms with Gasteiger partial charge < -0.3 is 20.4 Å². The van der Waals surface area contributed by atoms with Gasteiger partial charge in [-0.1, -0.05) is 18.2 Å². The van der Waals surface area contributed by atoms with Gasteiger partial charge in [0, 0.05) is 18.3 Å². The summed E-state index contributed by atoms with van der Waals surface area (Å²) in [6, 6.07) is 18.7. The number of nitrogens with two attached hydrogens (primary N) is 1. The summed E-state index contributed by atoms with van der Waals surface area (Å²) in [5.41, 5.74) is 9.19. The van der Waals surface area contributed by atoms with Gasteiger partial charge in [0.15, 0.2) is 0 Å². The molecule has 0 saturated heterocycles. The highest BCUT2D eigenvalue weighted by molar-refractivity contribution is 7.92. The molecule has 37 heavy (non-hydrogen) atoms. The summed E-state index contributed by atoms with van der Waals surface area (Å²) < 4.78 is 35.9. The Bertz CT molecular complexity index is 1560. The third-order valence-corrected chi connectivity index (χ3v) is 7.26. The van der Waals surface area contributed by atoms with E-state index in [-0.39, 0.29) is 23.8 Å². The number of rotatable bonds is 10. The number of ether oxygens (including phenoxy) is 1. The predicted molar refractivity (Wildman–Crippen MR) is 143 cm³/mol. The number of nitrogens with one attached hydrogen (secondary N) is 3. The van der Waals surface area contributed by atoms with Gasteiger partial charge in [0.1, 0.15) is 11.7 Å². The van der Waals surface area contributed by atoms with Gasteiger partial charge in [0.2, 0.25) is 0 Å². The smallest absolute Gasteiger partial charge is 0.310 e. The number of anilines is 2. The molecule has 5 N–H and O–H groups in total. The zero-order chi connectivity index (χ0) is 26.6. The number of benzene rings is 3. The van der Waals surface area contributed by atoms with Crippen molar-refractivity contribution >= 4 is 44.2 Å². The highest BCUT2D eigenvalue weighted by Gasteiger charge is 2.21. The largest absolute Gasteiger partial charge is 0.466 e. The van der Waals surface area contributed by atoms with E-state index in [2.05, 4.69) is 15.0 Å². The number of hydrogen-bond donors (Lipinski definition) is 4. The third-order valence-electron chi connectivity index (χ3n) is 5.77. The van der Waals surface area contributed by atoms with Gasteiger partial charge >= 0.3 is 5.97 Å². The lowest BCUT2D eigenvalue weighted by atomic mass is 10.1. The molecule has 4 rings (SSSR count). The Morgan fingerprint density at radius 3 is 2.49 bits per heavy atom. The lowest BCUT2D eigenvalue weighted by Crippen LogP contribution is -2.17. The molecule has 0 aliphatic rings. The number of fused-ring (bicyclic) bond motifs is 1. The van der Waals surface area contributed by atoms with Crippen LogP contribution in [0.15, 0.2) is 71.6 Å². The Hall–Kier alpha value is -4.38. The average Bonchev–Trinajstić information content (AvgIpc) is 3.17. The number of esters is 1. The third kappa shape index (κ3) is 5.89. The number of nitrogens with zero attached hydrogens (tertiary/aromatic N) is 2. The van der Waals surface area contributed by atoms with Crippen LogP contribution in [-0.2, 0) is 39.6 Å². The van der Waals surface area contributed by atoms with Gasteiger partial charge in [-0.3, -0.25) is 14.9 Å². The summed E-state index contributed by atoms with van der Waals surface area (Å²) in [6.45, 7) is 2.36. The SMILES string of the molecule is CCOC(=O)Cc1ccccc1S(=O)(=O)Nc1ccc2c(c1)nc(CNc1ccc(C(=N)N)cc1)n2C. The minimum atomic E-state index is -3.96. The fourth-order valence-electron chi connectivity index (χ4n) is 3.91. The summed E-state index contributed by atoms with van der Waals surface area (Å²) in [7, 11) is -2.07. The van der Waals surface area contributed by atoms with E-state index in [1.54, 1.807) is 55.5 Å². The molecule has 4 aromatic rings. The Labute approximate surface area is 215 Å². The van der Waals surface area contributed by atoms with E-state index in [0.717, 1.165) is 17.0 Å².